The van der Waals surface area contributed by atoms with Crippen LogP contribution < -0.4 is 20.1 Å². The fourth-order valence-corrected chi connectivity index (χ4v) is 2.45. The highest BCUT2D eigenvalue weighted by atomic mass is 127. The van der Waals surface area contributed by atoms with Gasteiger partial charge < -0.3 is 20.1 Å². The van der Waals surface area contributed by atoms with E-state index in [0.717, 1.165) is 16.9 Å². The van der Waals surface area contributed by atoms with Gasteiger partial charge in [0.05, 0.1) is 6.61 Å². The number of hydrogen-bond acceptors (Lipinski definition) is 3. The zero-order valence-electron chi connectivity index (χ0n) is 16.2. The van der Waals surface area contributed by atoms with Crippen molar-refractivity contribution in [2.75, 3.05) is 20.3 Å². The molecule has 2 N–H and O–H groups in total. The van der Waals surface area contributed by atoms with Gasteiger partial charge in [-0.25, -0.2) is 4.39 Å². The Kier molecular flexibility index (Phi) is 11.0. The summed E-state index contributed by atoms with van der Waals surface area (Å²) in [4.78, 5) is 4.20. The molecule has 0 bridgehead atoms. The standard InChI is InChI=1S/C21H26FN3O2.HI/c1-4-12-27-19-9-7-6-8-17(19)15-25-21(23-3)24-14-16-10-11-20(26-5-2)18(22)13-16;/h4,6-11,13H,1,5,12,14-15H2,2-3H3,(H2,23,24,25);1H. The minimum absolute atomic E-state index is 0. The molecule has 28 heavy (non-hydrogen) atoms. The molecule has 0 radical (unpaired) electrons. The normalized spacial score (nSPS) is 10.6. The zero-order chi connectivity index (χ0) is 19.5. The molecule has 0 heterocycles. The molecule has 0 aliphatic heterocycles. The van der Waals surface area contributed by atoms with E-state index in [2.05, 4.69) is 22.2 Å². The highest BCUT2D eigenvalue weighted by molar-refractivity contribution is 14.0. The maximum Gasteiger partial charge on any atom is 0.191 e. The maximum atomic E-state index is 13.9. The van der Waals surface area contributed by atoms with E-state index < -0.39 is 0 Å². The number of rotatable bonds is 9. The van der Waals surface area contributed by atoms with Crippen molar-refractivity contribution in [1.29, 1.82) is 0 Å². The molecule has 0 fully saturated rings. The highest BCUT2D eigenvalue weighted by Gasteiger charge is 2.06. The summed E-state index contributed by atoms with van der Waals surface area (Å²) in [7, 11) is 1.69. The molecule has 0 saturated carbocycles. The Morgan fingerprint density at radius 2 is 1.86 bits per heavy atom. The monoisotopic (exact) mass is 499 g/mol. The summed E-state index contributed by atoms with van der Waals surface area (Å²) in [6, 6.07) is 12.7. The van der Waals surface area contributed by atoms with E-state index in [4.69, 9.17) is 9.47 Å². The largest absolute Gasteiger partial charge is 0.491 e. The van der Waals surface area contributed by atoms with Gasteiger partial charge in [0, 0.05) is 25.7 Å². The van der Waals surface area contributed by atoms with Crippen LogP contribution in [0, 0.1) is 5.82 Å². The SMILES string of the molecule is C=CCOc1ccccc1CNC(=NC)NCc1ccc(OCC)c(F)c1.I. The topological polar surface area (TPSA) is 54.9 Å². The summed E-state index contributed by atoms with van der Waals surface area (Å²) in [5.41, 5.74) is 1.81. The molecule has 2 aromatic carbocycles. The second-order valence-electron chi connectivity index (χ2n) is 5.68. The molecule has 2 aromatic rings. The Hall–Kier alpha value is -2.29. The van der Waals surface area contributed by atoms with E-state index in [9.17, 15) is 4.39 Å². The van der Waals surface area contributed by atoms with Crippen LogP contribution in [-0.4, -0.2) is 26.2 Å². The highest BCUT2D eigenvalue weighted by Crippen LogP contribution is 2.19. The number of nitrogens with one attached hydrogen (secondary N) is 2. The molecule has 0 atom stereocenters. The van der Waals surface area contributed by atoms with Crippen LogP contribution in [0.25, 0.3) is 0 Å². The van der Waals surface area contributed by atoms with Gasteiger partial charge in [0.2, 0.25) is 0 Å². The lowest BCUT2D eigenvalue weighted by Crippen LogP contribution is -2.36. The molecular weight excluding hydrogens is 472 g/mol. The predicted octanol–water partition coefficient (Wildman–Crippen LogP) is 4.27. The Bertz CT molecular complexity index is 784. The molecule has 0 spiro atoms. The van der Waals surface area contributed by atoms with Crippen molar-refractivity contribution < 1.29 is 13.9 Å². The Morgan fingerprint density at radius 1 is 1.11 bits per heavy atom. The molecule has 0 amide bonds. The van der Waals surface area contributed by atoms with Crippen LogP contribution >= 0.6 is 24.0 Å². The first-order valence-corrected chi connectivity index (χ1v) is 8.85. The summed E-state index contributed by atoms with van der Waals surface area (Å²) in [5.74, 6) is 1.31. The number of benzene rings is 2. The molecule has 2 rings (SSSR count). The third-order valence-electron chi connectivity index (χ3n) is 3.76. The third kappa shape index (κ3) is 7.38. The summed E-state index contributed by atoms with van der Waals surface area (Å²) in [6.45, 7) is 7.36. The van der Waals surface area contributed by atoms with Crippen molar-refractivity contribution in [2.24, 2.45) is 4.99 Å². The fraction of sp³-hybridized carbons (Fsp3) is 0.286. The van der Waals surface area contributed by atoms with E-state index in [-0.39, 0.29) is 35.5 Å². The van der Waals surface area contributed by atoms with E-state index in [1.165, 1.54) is 6.07 Å². The van der Waals surface area contributed by atoms with Crippen LogP contribution in [0.2, 0.25) is 0 Å². The second-order valence-corrected chi connectivity index (χ2v) is 5.68. The smallest absolute Gasteiger partial charge is 0.191 e. The lowest BCUT2D eigenvalue weighted by Gasteiger charge is -2.15. The number of aliphatic imine (C=N–C) groups is 1. The molecule has 5 nitrogen and oxygen atoms in total. The maximum absolute atomic E-state index is 13.9. The minimum Gasteiger partial charge on any atom is -0.491 e. The zero-order valence-corrected chi connectivity index (χ0v) is 18.5. The second kappa shape index (κ2) is 13.0. The molecule has 152 valence electrons. The molecular formula is C21H27FIN3O2. The van der Waals surface area contributed by atoms with E-state index in [0.29, 0.717) is 32.3 Å². The average molecular weight is 499 g/mol. The Morgan fingerprint density at radius 3 is 2.54 bits per heavy atom. The summed E-state index contributed by atoms with van der Waals surface area (Å²) < 4.78 is 24.8. The van der Waals surface area contributed by atoms with Crippen LogP contribution in [0.5, 0.6) is 11.5 Å². The van der Waals surface area contributed by atoms with Crippen LogP contribution in [0.4, 0.5) is 4.39 Å². The van der Waals surface area contributed by atoms with Crippen LogP contribution in [0.1, 0.15) is 18.1 Å². The van der Waals surface area contributed by atoms with Crippen LogP contribution in [-0.2, 0) is 13.1 Å². The van der Waals surface area contributed by atoms with Crippen molar-refractivity contribution in [3.63, 3.8) is 0 Å². The quantitative estimate of drug-likeness (QED) is 0.234. The molecule has 0 aliphatic carbocycles. The first kappa shape index (κ1) is 23.7. The van der Waals surface area contributed by atoms with Crippen LogP contribution in [0.3, 0.4) is 0 Å². The van der Waals surface area contributed by atoms with Crippen molar-refractivity contribution >= 4 is 29.9 Å². The van der Waals surface area contributed by atoms with Gasteiger partial charge in [-0.2, -0.15) is 0 Å². The van der Waals surface area contributed by atoms with Gasteiger partial charge in [-0.3, -0.25) is 4.99 Å². The van der Waals surface area contributed by atoms with Crippen molar-refractivity contribution in [3.05, 3.63) is 72.1 Å². The first-order valence-electron chi connectivity index (χ1n) is 8.85. The molecule has 0 saturated heterocycles. The van der Waals surface area contributed by atoms with E-state index in [1.54, 1.807) is 19.2 Å². The summed E-state index contributed by atoms with van der Waals surface area (Å²) in [6.07, 6.45) is 1.71. The van der Waals surface area contributed by atoms with Crippen LogP contribution in [0.15, 0.2) is 60.1 Å². The Labute approximate surface area is 183 Å². The summed E-state index contributed by atoms with van der Waals surface area (Å²) in [5, 5.41) is 6.41. The third-order valence-corrected chi connectivity index (χ3v) is 3.76. The number of nitrogens with zero attached hydrogens (tertiary/aromatic N) is 1. The van der Waals surface area contributed by atoms with Gasteiger partial charge in [0.15, 0.2) is 17.5 Å². The first-order chi connectivity index (χ1) is 13.2. The van der Waals surface area contributed by atoms with Gasteiger partial charge in [0.25, 0.3) is 0 Å². The van der Waals surface area contributed by atoms with Gasteiger partial charge in [-0.05, 0) is 30.7 Å². The number of halogens is 2. The van der Waals surface area contributed by atoms with E-state index in [1.807, 2.05) is 37.3 Å². The number of hydrogen-bond donors (Lipinski definition) is 2. The van der Waals surface area contributed by atoms with Crippen molar-refractivity contribution in [2.45, 2.75) is 20.0 Å². The average Bonchev–Trinajstić information content (AvgIpc) is 2.69. The van der Waals surface area contributed by atoms with Crippen molar-refractivity contribution in [3.8, 4) is 11.5 Å². The van der Waals surface area contributed by atoms with E-state index >= 15 is 0 Å². The fourth-order valence-electron chi connectivity index (χ4n) is 2.45. The van der Waals surface area contributed by atoms with Gasteiger partial charge in [-0.1, -0.05) is 36.9 Å². The lowest BCUT2D eigenvalue weighted by atomic mass is 10.2. The number of para-hydroxylation sites is 1. The number of guanidine groups is 1. The Balaban J connectivity index is 0.00000392. The number of ether oxygens (including phenoxy) is 2. The molecule has 0 aromatic heterocycles. The molecule has 0 unspecified atom stereocenters. The molecule has 0 aliphatic rings. The summed E-state index contributed by atoms with van der Waals surface area (Å²) >= 11 is 0. The van der Waals surface area contributed by atoms with Crippen molar-refractivity contribution in [1.82, 2.24) is 10.6 Å². The van der Waals surface area contributed by atoms with Gasteiger partial charge in [0.1, 0.15) is 12.4 Å². The molecule has 7 heteroatoms. The minimum atomic E-state index is -0.368. The predicted molar refractivity (Wildman–Crippen MR) is 122 cm³/mol. The van der Waals surface area contributed by atoms with Gasteiger partial charge in [-0.15, -0.1) is 24.0 Å². The lowest BCUT2D eigenvalue weighted by molar-refractivity contribution is 0.321. The van der Waals surface area contributed by atoms with Gasteiger partial charge >= 0.3 is 0 Å².